The Labute approximate surface area is 101 Å². The Bertz CT molecular complexity index is 133. The molecule has 0 amide bonds. The molecule has 0 unspecified atom stereocenters. The Kier molecular flexibility index (Phi) is 9.80. The average Bonchev–Trinajstić information content (AvgIpc) is 2.15. The summed E-state index contributed by atoms with van der Waals surface area (Å²) in [4.78, 5) is 0. The SMILES string of the molecule is CCCC[SiH2]CCC[SiH](N(C)C)N(C)C. The third kappa shape index (κ3) is 8.19. The summed E-state index contributed by atoms with van der Waals surface area (Å²) in [5.74, 6) is 0. The molecule has 0 saturated heterocycles. The zero-order valence-electron chi connectivity index (χ0n) is 11.4. The maximum absolute atomic E-state index is 2.47. The van der Waals surface area contributed by atoms with Gasteiger partial charge < -0.3 is 9.13 Å². The van der Waals surface area contributed by atoms with E-state index in [0.717, 1.165) is 0 Å². The summed E-state index contributed by atoms with van der Waals surface area (Å²) in [6.07, 6.45) is 4.36. The number of rotatable bonds is 9. The smallest absolute Gasteiger partial charge is 0.189 e. The summed E-state index contributed by atoms with van der Waals surface area (Å²) >= 11 is 0. The lowest BCUT2D eigenvalue weighted by molar-refractivity contribution is 0.511. The van der Waals surface area contributed by atoms with Crippen LogP contribution in [0.1, 0.15) is 26.2 Å². The van der Waals surface area contributed by atoms with Crippen molar-refractivity contribution >= 4 is 18.6 Å². The molecule has 0 aromatic carbocycles. The summed E-state index contributed by atoms with van der Waals surface area (Å²) in [5, 5.41) is 0. The number of hydrogen-bond acceptors (Lipinski definition) is 2. The van der Waals surface area contributed by atoms with Crippen LogP contribution in [-0.4, -0.2) is 56.0 Å². The molecule has 15 heavy (non-hydrogen) atoms. The monoisotopic (exact) mass is 246 g/mol. The summed E-state index contributed by atoms with van der Waals surface area (Å²) in [6, 6.07) is 4.62. The van der Waals surface area contributed by atoms with Crippen LogP contribution in [0.2, 0.25) is 18.1 Å². The van der Waals surface area contributed by atoms with Crippen molar-refractivity contribution in [3.63, 3.8) is 0 Å². The van der Waals surface area contributed by atoms with Crippen molar-refractivity contribution in [3.05, 3.63) is 0 Å². The molecule has 0 fully saturated rings. The Hall–Kier alpha value is 0.354. The molecule has 92 valence electrons. The lowest BCUT2D eigenvalue weighted by atomic mass is 10.4. The minimum atomic E-state index is -0.750. The first-order valence-corrected chi connectivity index (χ1v) is 10.3. The van der Waals surface area contributed by atoms with E-state index in [9.17, 15) is 0 Å². The number of hydrogen-bond donors (Lipinski definition) is 0. The second kappa shape index (κ2) is 9.57. The second-order valence-electron chi connectivity index (χ2n) is 4.96. The molecular weight excluding hydrogens is 216 g/mol. The van der Waals surface area contributed by atoms with Crippen molar-refractivity contribution in [2.24, 2.45) is 0 Å². The highest BCUT2D eigenvalue weighted by atomic mass is 28.3. The largest absolute Gasteiger partial charge is 0.320 e. The Balaban J connectivity index is 3.46. The van der Waals surface area contributed by atoms with Gasteiger partial charge in [0.25, 0.3) is 0 Å². The molecule has 0 radical (unpaired) electrons. The molecule has 4 heteroatoms. The zero-order chi connectivity index (χ0) is 11.7. The van der Waals surface area contributed by atoms with Gasteiger partial charge in [0.1, 0.15) is 0 Å². The van der Waals surface area contributed by atoms with Crippen LogP contribution in [-0.2, 0) is 0 Å². The first-order chi connectivity index (χ1) is 7.09. The highest BCUT2D eigenvalue weighted by Gasteiger charge is 2.15. The van der Waals surface area contributed by atoms with Gasteiger partial charge >= 0.3 is 0 Å². The van der Waals surface area contributed by atoms with Crippen molar-refractivity contribution in [3.8, 4) is 0 Å². The molecule has 0 N–H and O–H groups in total. The topological polar surface area (TPSA) is 6.48 Å². The lowest BCUT2D eigenvalue weighted by Crippen LogP contribution is -2.45. The fraction of sp³-hybridized carbons (Fsp3) is 1.00. The van der Waals surface area contributed by atoms with Gasteiger partial charge in [-0.25, -0.2) is 0 Å². The first kappa shape index (κ1) is 15.4. The summed E-state index contributed by atoms with van der Waals surface area (Å²) in [7, 11) is 8.51. The molecule has 0 saturated carbocycles. The van der Waals surface area contributed by atoms with Gasteiger partial charge in [-0.15, -0.1) is 0 Å². The van der Waals surface area contributed by atoms with Gasteiger partial charge in [-0.3, -0.25) is 0 Å². The van der Waals surface area contributed by atoms with E-state index in [1.807, 2.05) is 0 Å². The van der Waals surface area contributed by atoms with Gasteiger partial charge in [-0.05, 0) is 34.2 Å². The highest BCUT2D eigenvalue weighted by molar-refractivity contribution is 6.52. The van der Waals surface area contributed by atoms with Gasteiger partial charge in [0.15, 0.2) is 9.12 Å². The van der Waals surface area contributed by atoms with E-state index in [0.29, 0.717) is 9.52 Å². The predicted molar refractivity (Wildman–Crippen MR) is 77.0 cm³/mol. The number of nitrogens with zero attached hydrogens (tertiary/aromatic N) is 2. The van der Waals surface area contributed by atoms with Gasteiger partial charge in [-0.1, -0.05) is 38.3 Å². The van der Waals surface area contributed by atoms with E-state index in [2.05, 4.69) is 44.2 Å². The normalized spacial score (nSPS) is 12.8. The summed E-state index contributed by atoms with van der Waals surface area (Å²) < 4.78 is 4.93. The van der Waals surface area contributed by atoms with Gasteiger partial charge in [0.05, 0.1) is 0 Å². The Morgan fingerprint density at radius 3 is 1.93 bits per heavy atom. The molecule has 0 bridgehead atoms. The van der Waals surface area contributed by atoms with Crippen LogP contribution in [0.5, 0.6) is 0 Å². The minimum absolute atomic E-state index is 0.293. The van der Waals surface area contributed by atoms with Crippen molar-refractivity contribution < 1.29 is 0 Å². The van der Waals surface area contributed by atoms with Crippen molar-refractivity contribution in [1.82, 2.24) is 9.13 Å². The van der Waals surface area contributed by atoms with Gasteiger partial charge in [0.2, 0.25) is 0 Å². The van der Waals surface area contributed by atoms with Crippen molar-refractivity contribution in [2.75, 3.05) is 28.2 Å². The quantitative estimate of drug-likeness (QED) is 0.450. The molecule has 0 spiro atoms. The van der Waals surface area contributed by atoms with Gasteiger partial charge in [-0.2, -0.15) is 0 Å². The van der Waals surface area contributed by atoms with E-state index >= 15 is 0 Å². The minimum Gasteiger partial charge on any atom is -0.320 e. The number of unbranched alkanes of at least 4 members (excludes halogenated alkanes) is 1. The molecular formula is C11H30N2Si2. The van der Waals surface area contributed by atoms with Crippen LogP contribution in [0, 0.1) is 0 Å². The first-order valence-electron chi connectivity index (χ1n) is 6.42. The standard InChI is InChI=1S/C11H30N2Si2/c1-6-7-9-14-10-8-11-15(12(2)3)13(4)5/h15H,6-11,14H2,1-5H3. The van der Waals surface area contributed by atoms with Crippen LogP contribution < -0.4 is 0 Å². The molecule has 0 aromatic rings. The average molecular weight is 247 g/mol. The maximum Gasteiger partial charge on any atom is 0.189 e. The Morgan fingerprint density at radius 1 is 0.933 bits per heavy atom. The molecule has 2 nitrogen and oxygen atoms in total. The predicted octanol–water partition coefficient (Wildman–Crippen LogP) is 1.53. The Morgan fingerprint density at radius 2 is 1.47 bits per heavy atom. The van der Waals surface area contributed by atoms with Crippen LogP contribution >= 0.6 is 0 Å². The van der Waals surface area contributed by atoms with Crippen LogP contribution in [0.15, 0.2) is 0 Å². The highest BCUT2D eigenvalue weighted by Crippen LogP contribution is 2.07. The fourth-order valence-electron chi connectivity index (χ4n) is 2.09. The maximum atomic E-state index is 2.47. The second-order valence-corrected chi connectivity index (χ2v) is 10.7. The molecule has 0 aliphatic rings. The van der Waals surface area contributed by atoms with Crippen molar-refractivity contribution in [2.45, 2.75) is 44.3 Å². The summed E-state index contributed by atoms with van der Waals surface area (Å²) in [6.45, 7) is 2.30. The molecule has 0 rings (SSSR count). The van der Waals surface area contributed by atoms with Crippen LogP contribution in [0.25, 0.3) is 0 Å². The van der Waals surface area contributed by atoms with Gasteiger partial charge in [0, 0.05) is 9.52 Å². The van der Waals surface area contributed by atoms with Crippen LogP contribution in [0.4, 0.5) is 0 Å². The summed E-state index contributed by atoms with van der Waals surface area (Å²) in [5.41, 5.74) is 0. The van der Waals surface area contributed by atoms with Crippen LogP contribution in [0.3, 0.4) is 0 Å². The van der Waals surface area contributed by atoms with E-state index in [1.54, 1.807) is 12.1 Å². The molecule has 0 heterocycles. The molecule has 0 aromatic heterocycles. The third-order valence-electron chi connectivity index (χ3n) is 3.01. The molecule has 0 aliphatic heterocycles. The van der Waals surface area contributed by atoms with E-state index < -0.39 is 9.12 Å². The molecule has 0 aliphatic carbocycles. The van der Waals surface area contributed by atoms with E-state index in [-0.39, 0.29) is 0 Å². The van der Waals surface area contributed by atoms with E-state index in [1.165, 1.54) is 25.3 Å². The zero-order valence-corrected chi connectivity index (χ0v) is 14.0. The fourth-order valence-corrected chi connectivity index (χ4v) is 7.12. The molecule has 0 atom stereocenters. The third-order valence-corrected chi connectivity index (χ3v) is 8.32. The lowest BCUT2D eigenvalue weighted by Gasteiger charge is -2.28. The van der Waals surface area contributed by atoms with E-state index in [4.69, 9.17) is 0 Å². The van der Waals surface area contributed by atoms with Crippen molar-refractivity contribution in [1.29, 1.82) is 0 Å².